The number of hydrogen-bond acceptors (Lipinski definition) is 4. The van der Waals surface area contributed by atoms with Gasteiger partial charge in [0.25, 0.3) is 5.91 Å². The summed E-state index contributed by atoms with van der Waals surface area (Å²) in [7, 11) is 0. The number of nitrogens with two attached hydrogens (primary N) is 1. The summed E-state index contributed by atoms with van der Waals surface area (Å²) in [6.45, 7) is 1.28. The number of furan rings is 1. The van der Waals surface area contributed by atoms with Gasteiger partial charge < -0.3 is 20.8 Å². The third-order valence-electron chi connectivity index (χ3n) is 3.33. The van der Waals surface area contributed by atoms with Crippen LogP contribution in [0.3, 0.4) is 0 Å². The molecule has 0 saturated heterocycles. The Morgan fingerprint density at radius 3 is 2.46 bits per heavy atom. The van der Waals surface area contributed by atoms with Crippen LogP contribution in [0.5, 0.6) is 0 Å². The molecule has 0 aliphatic heterocycles. The molecule has 7 heteroatoms. The van der Waals surface area contributed by atoms with Gasteiger partial charge in [0.2, 0.25) is 5.91 Å². The molecule has 0 fully saturated rings. The molecule has 0 aliphatic rings. The Balaban J connectivity index is 1.82. The second-order valence-electron chi connectivity index (χ2n) is 5.28. The Labute approximate surface area is 148 Å². The van der Waals surface area contributed by atoms with Crippen LogP contribution in [0.4, 0.5) is 5.69 Å². The van der Waals surface area contributed by atoms with Crippen molar-refractivity contribution in [2.45, 2.75) is 19.3 Å². The Morgan fingerprint density at radius 2 is 1.83 bits per heavy atom. The van der Waals surface area contributed by atoms with E-state index in [0.29, 0.717) is 29.9 Å². The second-order valence-corrected chi connectivity index (χ2v) is 6.06. The number of halogens is 1. The van der Waals surface area contributed by atoms with E-state index in [4.69, 9.17) is 10.2 Å². The molecule has 2 rings (SSSR count). The lowest BCUT2D eigenvalue weighted by molar-refractivity contribution is -0.120. The number of unbranched alkanes of at least 4 members (excludes halogenated alkanes) is 1. The molecule has 0 radical (unpaired) electrons. The van der Waals surface area contributed by atoms with Crippen LogP contribution in [0.25, 0.3) is 0 Å². The largest absolute Gasteiger partial charge is 0.444 e. The van der Waals surface area contributed by atoms with E-state index in [0.717, 1.165) is 18.4 Å². The zero-order valence-corrected chi connectivity index (χ0v) is 14.8. The third-order valence-corrected chi connectivity index (χ3v) is 3.75. The molecule has 2 aromatic rings. The number of amides is 2. The van der Waals surface area contributed by atoms with Gasteiger partial charge in [-0.25, -0.2) is 0 Å². The number of anilines is 1. The minimum atomic E-state index is -0.328. The van der Waals surface area contributed by atoms with Crippen LogP contribution in [-0.2, 0) is 11.2 Å². The van der Waals surface area contributed by atoms with Crippen LogP contribution in [0.2, 0.25) is 0 Å². The summed E-state index contributed by atoms with van der Waals surface area (Å²) < 4.78 is 5.69. The highest BCUT2D eigenvalue weighted by molar-refractivity contribution is 9.10. The Hall–Kier alpha value is -2.12. The first-order valence-electron chi connectivity index (χ1n) is 7.71. The van der Waals surface area contributed by atoms with E-state index in [1.54, 1.807) is 24.3 Å². The van der Waals surface area contributed by atoms with Gasteiger partial charge in [-0.3, -0.25) is 9.59 Å². The lowest BCUT2D eigenvalue weighted by Gasteiger charge is -2.07. The van der Waals surface area contributed by atoms with Crippen LogP contribution in [-0.4, -0.2) is 24.9 Å². The minimum Gasteiger partial charge on any atom is -0.444 e. The fourth-order valence-corrected chi connectivity index (χ4v) is 2.39. The van der Waals surface area contributed by atoms with Crippen molar-refractivity contribution in [3.8, 4) is 0 Å². The average molecular weight is 394 g/mol. The highest BCUT2D eigenvalue weighted by Crippen LogP contribution is 2.16. The SMILES string of the molecule is NCCCCNC(=O)Cc1ccc(NC(=O)c2ccc(Br)o2)cc1. The number of carbonyl (C=O) groups is 2. The summed E-state index contributed by atoms with van der Waals surface area (Å²) in [4.78, 5) is 23.8. The van der Waals surface area contributed by atoms with E-state index < -0.39 is 0 Å². The number of rotatable bonds is 8. The van der Waals surface area contributed by atoms with Crippen molar-refractivity contribution in [1.29, 1.82) is 0 Å². The molecule has 0 unspecified atom stereocenters. The molecule has 0 aliphatic carbocycles. The summed E-state index contributed by atoms with van der Waals surface area (Å²) in [5, 5.41) is 5.59. The van der Waals surface area contributed by atoms with Crippen LogP contribution < -0.4 is 16.4 Å². The van der Waals surface area contributed by atoms with Crippen molar-refractivity contribution in [1.82, 2.24) is 5.32 Å². The molecule has 0 spiro atoms. The van der Waals surface area contributed by atoms with Crippen LogP contribution in [0, 0.1) is 0 Å². The molecule has 4 N–H and O–H groups in total. The molecule has 2 amide bonds. The summed E-state index contributed by atoms with van der Waals surface area (Å²) in [6, 6.07) is 10.4. The van der Waals surface area contributed by atoms with Gasteiger partial charge in [0.1, 0.15) is 0 Å². The summed E-state index contributed by atoms with van der Waals surface area (Å²) in [6.07, 6.45) is 2.10. The molecule has 128 valence electrons. The molecular formula is C17H20BrN3O3. The zero-order valence-electron chi connectivity index (χ0n) is 13.2. The first-order chi connectivity index (χ1) is 11.6. The van der Waals surface area contributed by atoms with Crippen molar-refractivity contribution in [3.63, 3.8) is 0 Å². The Bertz CT molecular complexity index is 683. The lowest BCUT2D eigenvalue weighted by Crippen LogP contribution is -2.26. The molecule has 0 atom stereocenters. The van der Waals surface area contributed by atoms with Gasteiger partial charge in [-0.1, -0.05) is 12.1 Å². The van der Waals surface area contributed by atoms with E-state index in [1.807, 2.05) is 12.1 Å². The van der Waals surface area contributed by atoms with E-state index in [-0.39, 0.29) is 17.6 Å². The van der Waals surface area contributed by atoms with Crippen molar-refractivity contribution in [2.75, 3.05) is 18.4 Å². The monoisotopic (exact) mass is 393 g/mol. The van der Waals surface area contributed by atoms with Crippen molar-refractivity contribution in [2.24, 2.45) is 5.73 Å². The maximum Gasteiger partial charge on any atom is 0.291 e. The second kappa shape index (κ2) is 9.24. The normalized spacial score (nSPS) is 10.4. The van der Waals surface area contributed by atoms with Gasteiger partial charge in [0, 0.05) is 12.2 Å². The topological polar surface area (TPSA) is 97.4 Å². The fraction of sp³-hybridized carbons (Fsp3) is 0.294. The fourth-order valence-electron chi connectivity index (χ4n) is 2.08. The number of carbonyl (C=O) groups excluding carboxylic acids is 2. The highest BCUT2D eigenvalue weighted by atomic mass is 79.9. The molecule has 1 heterocycles. The molecule has 0 bridgehead atoms. The smallest absolute Gasteiger partial charge is 0.291 e. The predicted octanol–water partition coefficient (Wildman–Crippen LogP) is 2.69. The van der Waals surface area contributed by atoms with Gasteiger partial charge in [0.15, 0.2) is 10.4 Å². The zero-order chi connectivity index (χ0) is 17.4. The van der Waals surface area contributed by atoms with Crippen molar-refractivity contribution >= 4 is 33.4 Å². The number of nitrogens with one attached hydrogen (secondary N) is 2. The Kier molecular flexibility index (Phi) is 7.02. The molecule has 1 aromatic heterocycles. The first-order valence-corrected chi connectivity index (χ1v) is 8.50. The van der Waals surface area contributed by atoms with Crippen LogP contribution >= 0.6 is 15.9 Å². The standard InChI is InChI=1S/C17H20BrN3O3/c18-15-8-7-14(24-15)17(23)21-13-5-3-12(4-6-13)11-16(22)20-10-2-1-9-19/h3-8H,1-2,9-11,19H2,(H,20,22)(H,21,23). The van der Waals surface area contributed by atoms with E-state index in [1.165, 1.54) is 0 Å². The van der Waals surface area contributed by atoms with Gasteiger partial charge in [-0.05, 0) is 65.1 Å². The molecule has 24 heavy (non-hydrogen) atoms. The summed E-state index contributed by atoms with van der Waals surface area (Å²) >= 11 is 3.15. The highest BCUT2D eigenvalue weighted by Gasteiger charge is 2.10. The molecule has 0 saturated carbocycles. The Morgan fingerprint density at radius 1 is 1.08 bits per heavy atom. The van der Waals surface area contributed by atoms with E-state index in [2.05, 4.69) is 26.6 Å². The average Bonchev–Trinajstić information content (AvgIpc) is 3.00. The van der Waals surface area contributed by atoms with Gasteiger partial charge >= 0.3 is 0 Å². The van der Waals surface area contributed by atoms with E-state index in [9.17, 15) is 9.59 Å². The van der Waals surface area contributed by atoms with Gasteiger partial charge in [-0.2, -0.15) is 0 Å². The number of hydrogen-bond donors (Lipinski definition) is 3. The van der Waals surface area contributed by atoms with Gasteiger partial charge in [-0.15, -0.1) is 0 Å². The minimum absolute atomic E-state index is 0.0238. The maximum absolute atomic E-state index is 12.0. The summed E-state index contributed by atoms with van der Waals surface area (Å²) in [5.74, 6) is -0.127. The van der Waals surface area contributed by atoms with Crippen LogP contribution in [0.1, 0.15) is 29.0 Å². The first kappa shape index (κ1) is 18.2. The van der Waals surface area contributed by atoms with Crippen LogP contribution in [0.15, 0.2) is 45.5 Å². The third kappa shape index (κ3) is 5.82. The quantitative estimate of drug-likeness (QED) is 0.600. The van der Waals surface area contributed by atoms with E-state index >= 15 is 0 Å². The lowest BCUT2D eigenvalue weighted by atomic mass is 10.1. The molecule has 6 nitrogen and oxygen atoms in total. The molecule has 1 aromatic carbocycles. The number of benzene rings is 1. The maximum atomic E-state index is 12.0. The van der Waals surface area contributed by atoms with Crippen molar-refractivity contribution in [3.05, 3.63) is 52.4 Å². The van der Waals surface area contributed by atoms with Gasteiger partial charge in [0.05, 0.1) is 6.42 Å². The summed E-state index contributed by atoms with van der Waals surface area (Å²) in [5.41, 5.74) is 6.92. The predicted molar refractivity (Wildman–Crippen MR) is 95.8 cm³/mol. The molecular weight excluding hydrogens is 374 g/mol. The van der Waals surface area contributed by atoms with Crippen molar-refractivity contribution < 1.29 is 14.0 Å².